The normalized spacial score (nSPS) is 12.2. The Morgan fingerprint density at radius 2 is 0.419 bits per heavy atom. The van der Waals surface area contributed by atoms with Gasteiger partial charge in [0.2, 0.25) is 0 Å². The first-order chi connectivity index (χ1) is 51.7. The van der Waals surface area contributed by atoms with Gasteiger partial charge in [0, 0.05) is 16.5 Å². The molecule has 0 aromatic heterocycles. The summed E-state index contributed by atoms with van der Waals surface area (Å²) in [5.41, 5.74) is 7.30. The van der Waals surface area contributed by atoms with Crippen molar-refractivity contribution in [3.05, 3.63) is 96.1 Å². The van der Waals surface area contributed by atoms with Gasteiger partial charge >= 0.3 is 0 Å². The summed E-state index contributed by atoms with van der Waals surface area (Å²) in [6.45, 7) is 9.28. The van der Waals surface area contributed by atoms with E-state index in [0.29, 0.717) is 0 Å². The van der Waals surface area contributed by atoms with Crippen LogP contribution in [0.5, 0.6) is 0 Å². The number of rotatable bonds is 84. The summed E-state index contributed by atoms with van der Waals surface area (Å²) >= 11 is 0. The van der Waals surface area contributed by atoms with E-state index in [2.05, 4.69) is 113 Å². The number of allylic oxidation sites excluding steroid dienone is 6. The Morgan fingerprint density at radius 3 is 0.676 bits per heavy atom. The Bertz CT molecular complexity index is 2180. The van der Waals surface area contributed by atoms with Crippen molar-refractivity contribution < 1.29 is 16.5 Å². The van der Waals surface area contributed by atoms with Crippen LogP contribution in [0.15, 0.2) is 95.0 Å². The molecule has 3 heteroatoms. The average molecular weight is 1500 g/mol. The predicted molar refractivity (Wildman–Crippen MR) is 475 cm³/mol. The number of hydrogen-bond donors (Lipinski definition) is 0. The Balaban J connectivity index is 0.0000551. The summed E-state index contributed by atoms with van der Waals surface area (Å²) in [5.74, 6) is 0. The molecule has 610 valence electrons. The molecule has 0 radical (unpaired) electrons. The molecule has 0 amide bonds. The number of unbranched alkanes of at least 4 members (excludes halogenated alkanes) is 69. The van der Waals surface area contributed by atoms with Crippen LogP contribution in [-0.4, -0.2) is 11.4 Å². The molecule has 2 rings (SSSR count). The molecule has 0 aliphatic rings. The topological polar surface area (TPSA) is 24.7 Å². The third-order valence-corrected chi connectivity index (χ3v) is 23.0. The van der Waals surface area contributed by atoms with Gasteiger partial charge in [-0.25, -0.2) is 4.99 Å². The van der Waals surface area contributed by atoms with E-state index in [1.165, 1.54) is 460 Å². The zero-order valence-electron chi connectivity index (χ0n) is 71.4. The minimum Gasteiger partial charge on any atom is -0.251 e. The molecule has 0 fully saturated rings. The molecular formula is C102H182N2Ni. The van der Waals surface area contributed by atoms with Crippen molar-refractivity contribution in [2.75, 3.05) is 0 Å². The fourth-order valence-corrected chi connectivity index (χ4v) is 15.8. The number of para-hydroxylation sites is 2. The molecule has 0 saturated heterocycles. The van der Waals surface area contributed by atoms with Crippen LogP contribution in [0.4, 0.5) is 11.4 Å². The standard InChI is InChI=1S/C102H182N2.Ni/c1-5-9-13-17-21-24-27-30-33-36-39-42-45-47-49-51-53-56-59-62-65-68-71-74-77-81-89-97-91-85-87-93-99(97)103-101(95-83-79-20-16-12-8-4)102(96-84-80-76-73-70-67-64-61-58-55-44-41-38-35-32-29-26-23-19-15-11-7-3)104-100-94-88-86-92-98(100)90-82-78-75-72-69-66-63-60-57-54-52-50-48-46-43-40-37-34-31-28-25-22-18-14-10-6-2;/h71-72,74-75,84-88,91-94,96H,5-70,73,76-83,89-90,95H2,1-4H3;. The second kappa shape index (κ2) is 85.5. The van der Waals surface area contributed by atoms with Crippen LogP contribution < -0.4 is 0 Å². The van der Waals surface area contributed by atoms with E-state index >= 15 is 0 Å². The number of benzene rings is 2. The van der Waals surface area contributed by atoms with Crippen molar-refractivity contribution in [3.8, 4) is 0 Å². The maximum absolute atomic E-state index is 5.71. The summed E-state index contributed by atoms with van der Waals surface area (Å²) in [4.78, 5) is 11.4. The fourth-order valence-electron chi connectivity index (χ4n) is 15.8. The molecular weight excluding hydrogens is 1310 g/mol. The molecule has 0 spiro atoms. The van der Waals surface area contributed by atoms with E-state index in [4.69, 9.17) is 9.98 Å². The first-order valence-corrected chi connectivity index (χ1v) is 48.0. The summed E-state index contributed by atoms with van der Waals surface area (Å²) < 4.78 is 0. The van der Waals surface area contributed by atoms with E-state index in [0.717, 1.165) is 74.9 Å². The first-order valence-electron chi connectivity index (χ1n) is 48.0. The minimum absolute atomic E-state index is 0. The Morgan fingerprint density at radius 1 is 0.219 bits per heavy atom. The SMILES string of the molecule is CCCCCCCCCCCCCCCCCCCCCCC=CC(=Nc1ccccc1CCCC=CCCCCCCCCCCCCCCCCCCCCCCC)C(CCCCCCCC)=Nc1ccccc1CCCC=CCCCCCCCCCCCCCCCCCCCCCCC.[Ni]. The maximum atomic E-state index is 5.71. The molecule has 2 aromatic carbocycles. The molecule has 0 bridgehead atoms. The Kier molecular flexibility index (Phi) is 81.8. The Hall–Kier alpha value is -2.51. The van der Waals surface area contributed by atoms with Gasteiger partial charge in [0.25, 0.3) is 0 Å². The molecule has 0 saturated carbocycles. The molecule has 0 heterocycles. The average Bonchev–Trinajstić information content (AvgIpc) is 0.853. The molecule has 0 unspecified atom stereocenters. The third kappa shape index (κ3) is 70.4. The Labute approximate surface area is 669 Å². The quantitative estimate of drug-likeness (QED) is 0.0273. The number of nitrogens with zero attached hydrogens (tertiary/aromatic N) is 2. The number of hydrogen-bond acceptors (Lipinski definition) is 2. The summed E-state index contributed by atoms with van der Waals surface area (Å²) in [6.07, 6.45) is 123. The summed E-state index contributed by atoms with van der Waals surface area (Å²) in [5, 5.41) is 0. The van der Waals surface area contributed by atoms with Gasteiger partial charge in [-0.05, 0) is 119 Å². The van der Waals surface area contributed by atoms with Crippen LogP contribution in [0.2, 0.25) is 0 Å². The molecule has 2 nitrogen and oxygen atoms in total. The predicted octanol–water partition coefficient (Wildman–Crippen LogP) is 37.0. The van der Waals surface area contributed by atoms with Crippen LogP contribution in [0.25, 0.3) is 0 Å². The van der Waals surface area contributed by atoms with Gasteiger partial charge in [0.1, 0.15) is 0 Å². The van der Waals surface area contributed by atoms with Crippen molar-refractivity contribution in [1.29, 1.82) is 0 Å². The number of aliphatic imine (C=N–C) groups is 2. The van der Waals surface area contributed by atoms with Crippen LogP contribution in [0.3, 0.4) is 0 Å². The van der Waals surface area contributed by atoms with E-state index in [1.807, 2.05) is 0 Å². The second-order valence-electron chi connectivity index (χ2n) is 33.2. The number of aryl methyl sites for hydroxylation is 2. The van der Waals surface area contributed by atoms with Crippen molar-refractivity contribution in [2.24, 2.45) is 9.98 Å². The van der Waals surface area contributed by atoms with Crippen LogP contribution in [-0.2, 0) is 29.3 Å². The largest absolute Gasteiger partial charge is 0.251 e. The van der Waals surface area contributed by atoms with Crippen molar-refractivity contribution in [2.45, 2.75) is 529 Å². The smallest absolute Gasteiger partial charge is 0.0848 e. The molecule has 105 heavy (non-hydrogen) atoms. The van der Waals surface area contributed by atoms with Gasteiger partial charge in [0.05, 0.1) is 22.8 Å². The van der Waals surface area contributed by atoms with Crippen molar-refractivity contribution in [3.63, 3.8) is 0 Å². The first kappa shape index (κ1) is 101. The van der Waals surface area contributed by atoms with E-state index in [1.54, 1.807) is 0 Å². The van der Waals surface area contributed by atoms with Gasteiger partial charge in [-0.3, -0.25) is 4.99 Å². The molecule has 2 aromatic rings. The second-order valence-corrected chi connectivity index (χ2v) is 33.2. The van der Waals surface area contributed by atoms with Gasteiger partial charge in [-0.1, -0.05) is 505 Å². The van der Waals surface area contributed by atoms with Gasteiger partial charge < -0.3 is 0 Å². The van der Waals surface area contributed by atoms with Gasteiger partial charge in [-0.2, -0.15) is 0 Å². The van der Waals surface area contributed by atoms with E-state index in [9.17, 15) is 0 Å². The van der Waals surface area contributed by atoms with Crippen LogP contribution >= 0.6 is 0 Å². The van der Waals surface area contributed by atoms with E-state index in [-0.39, 0.29) is 16.5 Å². The van der Waals surface area contributed by atoms with Crippen LogP contribution in [0.1, 0.15) is 527 Å². The molecule has 0 aliphatic carbocycles. The van der Waals surface area contributed by atoms with Crippen molar-refractivity contribution >= 4 is 22.8 Å². The third-order valence-electron chi connectivity index (χ3n) is 23.0. The molecule has 0 atom stereocenters. The maximum Gasteiger partial charge on any atom is 0.0848 e. The minimum atomic E-state index is 0. The van der Waals surface area contributed by atoms with E-state index < -0.39 is 0 Å². The zero-order chi connectivity index (χ0) is 73.9. The summed E-state index contributed by atoms with van der Waals surface area (Å²) in [7, 11) is 0. The van der Waals surface area contributed by atoms with Crippen molar-refractivity contribution in [1.82, 2.24) is 0 Å². The van der Waals surface area contributed by atoms with Gasteiger partial charge in [-0.15, -0.1) is 0 Å². The monoisotopic (exact) mass is 1490 g/mol. The zero-order valence-corrected chi connectivity index (χ0v) is 72.4. The fraction of sp³-hybridized carbons (Fsp3) is 0.804. The summed E-state index contributed by atoms with van der Waals surface area (Å²) in [6, 6.07) is 18.2. The molecule has 0 aliphatic heterocycles. The molecule has 0 N–H and O–H groups in total. The van der Waals surface area contributed by atoms with Crippen LogP contribution in [0, 0.1) is 0 Å². The van der Waals surface area contributed by atoms with Gasteiger partial charge in [0.15, 0.2) is 0 Å².